The van der Waals surface area contributed by atoms with Crippen LogP contribution in [0.15, 0.2) is 40.2 Å². The van der Waals surface area contributed by atoms with E-state index in [0.717, 1.165) is 20.5 Å². The molecule has 1 amide bonds. The van der Waals surface area contributed by atoms with Gasteiger partial charge in [0.2, 0.25) is 5.91 Å². The molecule has 0 fully saturated rings. The highest BCUT2D eigenvalue weighted by molar-refractivity contribution is 9.10. The minimum absolute atomic E-state index is 0.00268. The third-order valence-electron chi connectivity index (χ3n) is 4.21. The Morgan fingerprint density at radius 2 is 1.96 bits per heavy atom. The molecular weight excluding hydrogens is 410 g/mol. The summed E-state index contributed by atoms with van der Waals surface area (Å²) in [6.45, 7) is 6.11. The molecular formula is C20H24BrN3OS. The number of nitrogens with zero attached hydrogens (tertiary/aromatic N) is 2. The lowest BCUT2D eigenvalue weighted by molar-refractivity contribution is -0.134. The van der Waals surface area contributed by atoms with E-state index >= 15 is 0 Å². The molecule has 2 N–H and O–H groups in total. The first-order valence-corrected chi connectivity index (χ1v) is 10.2. The van der Waals surface area contributed by atoms with Gasteiger partial charge in [-0.1, -0.05) is 41.9 Å². The lowest BCUT2D eigenvalue weighted by Crippen LogP contribution is -2.46. The Labute approximate surface area is 167 Å². The van der Waals surface area contributed by atoms with Crippen molar-refractivity contribution in [3.8, 4) is 6.07 Å². The molecule has 0 aliphatic heterocycles. The van der Waals surface area contributed by atoms with Crippen molar-refractivity contribution in [2.75, 3.05) is 6.54 Å². The van der Waals surface area contributed by atoms with Gasteiger partial charge in [0.15, 0.2) is 0 Å². The van der Waals surface area contributed by atoms with Gasteiger partial charge in [0.25, 0.3) is 0 Å². The van der Waals surface area contributed by atoms with E-state index in [4.69, 9.17) is 5.73 Å². The maximum atomic E-state index is 13.1. The number of thiophene rings is 1. The number of hydrogen-bond acceptors (Lipinski definition) is 4. The summed E-state index contributed by atoms with van der Waals surface area (Å²) < 4.78 is 0.970. The summed E-state index contributed by atoms with van der Waals surface area (Å²) >= 11 is 5.05. The monoisotopic (exact) mass is 433 g/mol. The van der Waals surface area contributed by atoms with Crippen LogP contribution in [-0.2, 0) is 4.79 Å². The van der Waals surface area contributed by atoms with Crippen molar-refractivity contribution < 1.29 is 4.79 Å². The zero-order chi connectivity index (χ0) is 19.3. The number of hydrogen-bond donors (Lipinski definition) is 1. The smallest absolute Gasteiger partial charge is 0.241 e. The quantitative estimate of drug-likeness (QED) is 0.646. The molecule has 0 radical (unpaired) electrons. The number of benzene rings is 1. The average Bonchev–Trinajstić information content (AvgIpc) is 3.00. The van der Waals surface area contributed by atoms with Gasteiger partial charge in [-0.3, -0.25) is 4.79 Å². The largest absolute Gasteiger partial charge is 0.320 e. The third kappa shape index (κ3) is 4.94. The minimum atomic E-state index is -0.610. The molecule has 6 heteroatoms. The number of amides is 1. The Hall–Kier alpha value is -1.68. The summed E-state index contributed by atoms with van der Waals surface area (Å²) in [6.07, 6.45) is 0.594. The average molecular weight is 434 g/mol. The fourth-order valence-electron chi connectivity index (χ4n) is 2.98. The van der Waals surface area contributed by atoms with Gasteiger partial charge in [0, 0.05) is 9.35 Å². The van der Waals surface area contributed by atoms with Crippen LogP contribution in [0.3, 0.4) is 0 Å². The fourth-order valence-corrected chi connectivity index (χ4v) is 4.31. The van der Waals surface area contributed by atoms with E-state index in [0.29, 0.717) is 12.3 Å². The lowest BCUT2D eigenvalue weighted by Gasteiger charge is -2.32. The van der Waals surface area contributed by atoms with Crippen molar-refractivity contribution in [2.24, 2.45) is 11.7 Å². The van der Waals surface area contributed by atoms with Crippen LogP contribution in [0.4, 0.5) is 0 Å². The summed E-state index contributed by atoms with van der Waals surface area (Å²) in [5.74, 6) is 0.133. The Bertz CT molecular complexity index is 779. The van der Waals surface area contributed by atoms with Gasteiger partial charge < -0.3 is 10.6 Å². The van der Waals surface area contributed by atoms with E-state index in [1.165, 1.54) is 0 Å². The van der Waals surface area contributed by atoms with Gasteiger partial charge in [-0.25, -0.2) is 0 Å². The molecule has 1 aromatic heterocycles. The third-order valence-corrected chi connectivity index (χ3v) is 5.81. The van der Waals surface area contributed by atoms with Gasteiger partial charge in [-0.05, 0) is 54.0 Å². The number of carbonyl (C=O) groups excluding carboxylic acids is 1. The Balaban J connectivity index is 2.49. The molecule has 138 valence electrons. The Morgan fingerprint density at radius 1 is 1.31 bits per heavy atom. The molecule has 26 heavy (non-hydrogen) atoms. The topological polar surface area (TPSA) is 70.1 Å². The number of rotatable bonds is 7. The standard InChI is InChI=1S/C20H24BrN3OS/c1-13(2)12-17(23)20(25)24(10-9-22)18(19-14(3)8-11-26-19)15-4-6-16(21)7-5-15/h4-8,11,13,17-18H,10,12,23H2,1-3H3/t17-,18-/m0/s1. The van der Waals surface area contributed by atoms with Crippen LogP contribution in [0.5, 0.6) is 0 Å². The molecule has 0 bridgehead atoms. The van der Waals surface area contributed by atoms with Crippen molar-refractivity contribution in [3.05, 3.63) is 56.2 Å². The molecule has 0 spiro atoms. The molecule has 0 unspecified atom stereocenters. The lowest BCUT2D eigenvalue weighted by atomic mass is 9.98. The molecule has 1 heterocycles. The Kier molecular flexibility index (Phi) is 7.39. The highest BCUT2D eigenvalue weighted by Gasteiger charge is 2.31. The molecule has 2 aromatic rings. The van der Waals surface area contributed by atoms with E-state index in [2.05, 4.69) is 22.0 Å². The van der Waals surface area contributed by atoms with Crippen LogP contribution in [0.25, 0.3) is 0 Å². The molecule has 4 nitrogen and oxygen atoms in total. The molecule has 0 aliphatic carbocycles. The van der Waals surface area contributed by atoms with Crippen molar-refractivity contribution in [1.82, 2.24) is 4.90 Å². The maximum Gasteiger partial charge on any atom is 0.241 e. The van der Waals surface area contributed by atoms with Gasteiger partial charge in [-0.2, -0.15) is 5.26 Å². The van der Waals surface area contributed by atoms with Gasteiger partial charge in [0.05, 0.1) is 18.2 Å². The minimum Gasteiger partial charge on any atom is -0.320 e. The van der Waals surface area contributed by atoms with Crippen LogP contribution >= 0.6 is 27.3 Å². The molecule has 2 atom stereocenters. The zero-order valence-corrected chi connectivity index (χ0v) is 17.7. The normalized spacial score (nSPS) is 13.3. The van der Waals surface area contributed by atoms with Crippen LogP contribution in [0.2, 0.25) is 0 Å². The highest BCUT2D eigenvalue weighted by Crippen LogP contribution is 2.35. The zero-order valence-electron chi connectivity index (χ0n) is 15.3. The van der Waals surface area contributed by atoms with Crippen LogP contribution in [0.1, 0.15) is 42.3 Å². The number of carbonyl (C=O) groups is 1. The van der Waals surface area contributed by atoms with E-state index in [1.54, 1.807) is 16.2 Å². The second kappa shape index (κ2) is 9.31. The van der Waals surface area contributed by atoms with E-state index in [1.807, 2.05) is 56.5 Å². The summed E-state index contributed by atoms with van der Waals surface area (Å²) in [5, 5.41) is 11.4. The van der Waals surface area contributed by atoms with Gasteiger partial charge >= 0.3 is 0 Å². The summed E-state index contributed by atoms with van der Waals surface area (Å²) in [6, 6.07) is 11.1. The summed E-state index contributed by atoms with van der Waals surface area (Å²) in [4.78, 5) is 15.8. The molecule has 1 aromatic carbocycles. The molecule has 0 aliphatic rings. The van der Waals surface area contributed by atoms with Gasteiger partial charge in [-0.15, -0.1) is 11.3 Å². The maximum absolute atomic E-state index is 13.1. The van der Waals surface area contributed by atoms with Crippen molar-refractivity contribution in [1.29, 1.82) is 5.26 Å². The van der Waals surface area contributed by atoms with Crippen LogP contribution in [-0.4, -0.2) is 23.4 Å². The summed E-state index contributed by atoms with van der Waals surface area (Å²) in [5.41, 5.74) is 8.25. The molecule has 0 saturated heterocycles. The number of nitrogens with two attached hydrogens (primary N) is 1. The first-order chi connectivity index (χ1) is 12.3. The van der Waals surface area contributed by atoms with E-state index in [9.17, 15) is 10.1 Å². The molecule has 2 rings (SSSR count). The first kappa shape index (κ1) is 20.6. The Morgan fingerprint density at radius 3 is 2.46 bits per heavy atom. The predicted octanol–water partition coefficient (Wildman–Crippen LogP) is 4.63. The second-order valence-electron chi connectivity index (χ2n) is 6.78. The van der Waals surface area contributed by atoms with Crippen molar-refractivity contribution in [2.45, 2.75) is 39.3 Å². The highest BCUT2D eigenvalue weighted by atomic mass is 79.9. The van der Waals surface area contributed by atoms with Crippen LogP contribution in [0, 0.1) is 24.2 Å². The first-order valence-electron chi connectivity index (χ1n) is 8.57. The van der Waals surface area contributed by atoms with Crippen molar-refractivity contribution >= 4 is 33.2 Å². The number of aryl methyl sites for hydroxylation is 1. The van der Waals surface area contributed by atoms with Gasteiger partial charge in [0.1, 0.15) is 6.54 Å². The summed E-state index contributed by atoms with van der Waals surface area (Å²) in [7, 11) is 0. The SMILES string of the molecule is Cc1ccsc1[C@H](c1ccc(Br)cc1)N(CC#N)C(=O)[C@@H](N)CC(C)C. The van der Waals surface area contributed by atoms with Crippen molar-refractivity contribution in [3.63, 3.8) is 0 Å². The van der Waals surface area contributed by atoms with Crippen LogP contribution < -0.4 is 5.73 Å². The predicted molar refractivity (Wildman–Crippen MR) is 110 cm³/mol. The number of halogens is 1. The van der Waals surface area contributed by atoms with E-state index in [-0.39, 0.29) is 18.5 Å². The fraction of sp³-hybridized carbons (Fsp3) is 0.400. The van der Waals surface area contributed by atoms with E-state index < -0.39 is 6.04 Å². The molecule has 0 saturated carbocycles. The number of nitriles is 1. The second-order valence-corrected chi connectivity index (χ2v) is 8.65.